The lowest BCUT2D eigenvalue weighted by molar-refractivity contribution is 0.660. The third kappa shape index (κ3) is 2.55. The zero-order chi connectivity index (χ0) is 19.3. The molecular formula is C26H27N. The predicted molar refractivity (Wildman–Crippen MR) is 115 cm³/mol. The van der Waals surface area contributed by atoms with Crippen LogP contribution in [0.3, 0.4) is 0 Å². The van der Waals surface area contributed by atoms with Crippen LogP contribution in [0.2, 0.25) is 0 Å². The molecular weight excluding hydrogens is 326 g/mol. The van der Waals surface area contributed by atoms with E-state index in [0.29, 0.717) is 0 Å². The molecule has 1 atom stereocenters. The van der Waals surface area contributed by atoms with E-state index in [1.807, 2.05) is 6.92 Å². The third-order valence-corrected chi connectivity index (χ3v) is 6.11. The van der Waals surface area contributed by atoms with Crippen LogP contribution in [-0.2, 0) is 12.5 Å². The monoisotopic (exact) mass is 353 g/mol. The minimum Gasteiger partial charge on any atom is -0.350 e. The summed E-state index contributed by atoms with van der Waals surface area (Å²) in [5.41, 5.74) is 10.8. The average molecular weight is 354 g/mol. The van der Waals surface area contributed by atoms with Crippen molar-refractivity contribution in [2.45, 2.75) is 46.0 Å². The fraction of sp³-hybridized carbons (Fsp3) is 0.308. The van der Waals surface area contributed by atoms with Crippen molar-refractivity contribution in [3.63, 3.8) is 0 Å². The van der Waals surface area contributed by atoms with Gasteiger partial charge in [0.2, 0.25) is 0 Å². The molecule has 0 saturated carbocycles. The van der Waals surface area contributed by atoms with Crippen molar-refractivity contribution in [3.05, 3.63) is 70.9 Å². The van der Waals surface area contributed by atoms with E-state index in [0.717, 1.165) is 0 Å². The molecule has 1 aliphatic carbocycles. The molecule has 0 bridgehead atoms. The van der Waals surface area contributed by atoms with E-state index in [-0.39, 0.29) is 11.3 Å². The minimum atomic E-state index is 0.0119. The van der Waals surface area contributed by atoms with Crippen LogP contribution in [0.1, 0.15) is 55.9 Å². The van der Waals surface area contributed by atoms with Gasteiger partial charge in [-0.25, -0.2) is 0 Å². The summed E-state index contributed by atoms with van der Waals surface area (Å²) in [6.07, 6.45) is 2.15. The molecule has 0 fully saturated rings. The molecule has 0 saturated heterocycles. The van der Waals surface area contributed by atoms with Gasteiger partial charge < -0.3 is 4.57 Å². The van der Waals surface area contributed by atoms with E-state index in [1.54, 1.807) is 0 Å². The van der Waals surface area contributed by atoms with Gasteiger partial charge >= 0.3 is 0 Å². The fourth-order valence-electron chi connectivity index (χ4n) is 4.68. The van der Waals surface area contributed by atoms with Crippen molar-refractivity contribution in [2.75, 3.05) is 0 Å². The predicted octanol–water partition coefficient (Wildman–Crippen LogP) is 6.43. The van der Waals surface area contributed by atoms with E-state index < -0.39 is 0 Å². The number of benzene rings is 2. The van der Waals surface area contributed by atoms with Gasteiger partial charge in [-0.3, -0.25) is 0 Å². The van der Waals surface area contributed by atoms with Crippen LogP contribution >= 0.6 is 0 Å². The van der Waals surface area contributed by atoms with Crippen LogP contribution in [0.15, 0.2) is 48.7 Å². The van der Waals surface area contributed by atoms with Gasteiger partial charge in [-0.05, 0) is 72.4 Å². The lowest BCUT2D eigenvalue weighted by atomic mass is 9.80. The quantitative estimate of drug-likeness (QED) is 0.468. The van der Waals surface area contributed by atoms with Gasteiger partial charge in [0, 0.05) is 30.1 Å². The van der Waals surface area contributed by atoms with E-state index in [1.165, 1.54) is 44.6 Å². The lowest BCUT2D eigenvalue weighted by Gasteiger charge is -2.24. The number of hydrogen-bond acceptors (Lipinski definition) is 0. The summed E-state index contributed by atoms with van der Waals surface area (Å²) in [5, 5.41) is 0. The first kappa shape index (κ1) is 17.7. The number of hydrogen-bond donors (Lipinski definition) is 0. The topological polar surface area (TPSA) is 4.93 Å². The molecule has 3 aromatic rings. The first-order valence-corrected chi connectivity index (χ1v) is 9.69. The highest BCUT2D eigenvalue weighted by Crippen LogP contribution is 2.51. The Morgan fingerprint density at radius 2 is 1.70 bits per heavy atom. The summed E-state index contributed by atoms with van der Waals surface area (Å²) in [4.78, 5) is 0. The SMILES string of the molecule is CC#C[C@H](C)c1cc2c(cc1-c1c(C)ccn1C)C(C)(C)c1ccccc1-2. The maximum Gasteiger partial charge on any atom is 0.0510 e. The van der Waals surface area contributed by atoms with Crippen LogP contribution in [0.25, 0.3) is 22.4 Å². The molecule has 1 aromatic heterocycles. The minimum absolute atomic E-state index is 0.0119. The van der Waals surface area contributed by atoms with E-state index >= 15 is 0 Å². The van der Waals surface area contributed by atoms with Crippen LogP contribution in [0.5, 0.6) is 0 Å². The molecule has 0 radical (unpaired) electrons. The summed E-state index contributed by atoms with van der Waals surface area (Å²) < 4.78 is 2.24. The zero-order valence-electron chi connectivity index (χ0n) is 17.1. The smallest absolute Gasteiger partial charge is 0.0510 e. The summed E-state index contributed by atoms with van der Waals surface area (Å²) in [6.45, 7) is 11.0. The number of aryl methyl sites for hydroxylation is 2. The van der Waals surface area contributed by atoms with Crippen LogP contribution in [0, 0.1) is 18.8 Å². The van der Waals surface area contributed by atoms with E-state index in [4.69, 9.17) is 0 Å². The highest BCUT2D eigenvalue weighted by atomic mass is 14.9. The summed E-state index contributed by atoms with van der Waals surface area (Å²) in [7, 11) is 2.13. The Balaban J connectivity index is 2.07. The largest absolute Gasteiger partial charge is 0.350 e. The molecule has 0 aliphatic heterocycles. The Bertz CT molecular complexity index is 1080. The van der Waals surface area contributed by atoms with Crippen LogP contribution in [-0.4, -0.2) is 4.57 Å². The molecule has 1 heterocycles. The van der Waals surface area contributed by atoms with Crippen molar-refractivity contribution in [1.82, 2.24) is 4.57 Å². The molecule has 27 heavy (non-hydrogen) atoms. The van der Waals surface area contributed by atoms with Crippen molar-refractivity contribution in [1.29, 1.82) is 0 Å². The second-order valence-corrected chi connectivity index (χ2v) is 8.23. The first-order chi connectivity index (χ1) is 12.9. The molecule has 1 heteroatoms. The Morgan fingerprint density at radius 1 is 0.963 bits per heavy atom. The van der Waals surface area contributed by atoms with Crippen LogP contribution < -0.4 is 0 Å². The van der Waals surface area contributed by atoms with Gasteiger partial charge in [0.1, 0.15) is 0 Å². The molecule has 2 aromatic carbocycles. The van der Waals surface area contributed by atoms with Gasteiger partial charge in [0.15, 0.2) is 0 Å². The molecule has 1 aliphatic rings. The van der Waals surface area contributed by atoms with Gasteiger partial charge in [0.05, 0.1) is 5.69 Å². The van der Waals surface area contributed by atoms with Crippen molar-refractivity contribution >= 4 is 0 Å². The lowest BCUT2D eigenvalue weighted by Crippen LogP contribution is -2.15. The number of nitrogens with zero attached hydrogens (tertiary/aromatic N) is 1. The van der Waals surface area contributed by atoms with Crippen LogP contribution in [0.4, 0.5) is 0 Å². The Labute approximate surface area is 163 Å². The van der Waals surface area contributed by atoms with Gasteiger partial charge in [-0.2, -0.15) is 0 Å². The average Bonchev–Trinajstić information content (AvgIpc) is 3.09. The molecule has 0 amide bonds. The summed E-state index contributed by atoms with van der Waals surface area (Å²) in [5.74, 6) is 6.69. The second kappa shape index (κ2) is 6.17. The van der Waals surface area contributed by atoms with Gasteiger partial charge in [-0.1, -0.05) is 44.0 Å². The Morgan fingerprint density at radius 3 is 2.37 bits per heavy atom. The van der Waals surface area contributed by atoms with Crippen molar-refractivity contribution in [2.24, 2.45) is 7.05 Å². The van der Waals surface area contributed by atoms with Gasteiger partial charge in [0.25, 0.3) is 0 Å². The second-order valence-electron chi connectivity index (χ2n) is 8.23. The van der Waals surface area contributed by atoms with E-state index in [9.17, 15) is 0 Å². The molecule has 0 N–H and O–H groups in total. The molecule has 0 unspecified atom stereocenters. The van der Waals surface area contributed by atoms with Crippen molar-refractivity contribution < 1.29 is 0 Å². The Hall–Kier alpha value is -2.72. The van der Waals surface area contributed by atoms with Crippen molar-refractivity contribution in [3.8, 4) is 34.2 Å². The molecule has 4 rings (SSSR count). The molecule has 0 spiro atoms. The van der Waals surface area contributed by atoms with E-state index in [2.05, 4.69) is 99.8 Å². The molecule has 136 valence electrons. The maximum atomic E-state index is 3.38. The highest BCUT2D eigenvalue weighted by molar-refractivity contribution is 5.85. The third-order valence-electron chi connectivity index (χ3n) is 6.11. The number of fused-ring (bicyclic) bond motifs is 3. The summed E-state index contributed by atoms with van der Waals surface area (Å²) >= 11 is 0. The summed E-state index contributed by atoms with van der Waals surface area (Å²) in [6, 6.07) is 15.9. The Kier molecular flexibility index (Phi) is 4.04. The maximum absolute atomic E-state index is 3.38. The number of rotatable bonds is 2. The first-order valence-electron chi connectivity index (χ1n) is 9.69. The highest BCUT2D eigenvalue weighted by Gasteiger charge is 2.36. The molecule has 1 nitrogen and oxygen atoms in total. The number of aromatic nitrogens is 1. The fourth-order valence-corrected chi connectivity index (χ4v) is 4.68. The normalized spacial score (nSPS) is 14.9. The zero-order valence-corrected chi connectivity index (χ0v) is 17.1. The van der Waals surface area contributed by atoms with Gasteiger partial charge in [-0.15, -0.1) is 5.92 Å². The standard InChI is InChI=1S/C26H27N/c1-7-10-17(2)20-15-21-19-11-8-9-12-23(19)26(4,5)24(21)16-22(20)25-18(3)13-14-27(25)6/h8-9,11-17H,1-6H3/t17-/m0/s1.